The number of ether oxygens (including phenoxy) is 1. The minimum absolute atomic E-state index is 0.0924. The number of hydrogen-bond acceptors (Lipinski definition) is 5. The summed E-state index contributed by atoms with van der Waals surface area (Å²) in [6.07, 6.45) is -0.128. The fourth-order valence-electron chi connectivity index (χ4n) is 2.35. The van der Waals surface area contributed by atoms with Gasteiger partial charge in [0.1, 0.15) is 6.61 Å². The Hall–Kier alpha value is -2.41. The molecule has 2 heterocycles. The predicted molar refractivity (Wildman–Crippen MR) is 88.0 cm³/mol. The molecule has 2 aromatic rings. The normalized spacial score (nSPS) is 14.0. The Labute approximate surface area is 138 Å². The molecule has 0 saturated carbocycles. The van der Waals surface area contributed by atoms with Gasteiger partial charge in [-0.2, -0.15) is 0 Å². The summed E-state index contributed by atoms with van der Waals surface area (Å²) >= 11 is 1.43. The zero-order valence-corrected chi connectivity index (χ0v) is 13.6. The molecule has 120 valence electrons. The summed E-state index contributed by atoms with van der Waals surface area (Å²) in [5, 5.41) is 2.55. The van der Waals surface area contributed by atoms with Crippen LogP contribution in [-0.4, -0.2) is 41.6 Å². The summed E-state index contributed by atoms with van der Waals surface area (Å²) in [6, 6.07) is 9.42. The van der Waals surface area contributed by atoms with Crippen molar-refractivity contribution >= 4 is 34.2 Å². The van der Waals surface area contributed by atoms with Gasteiger partial charge >= 0.3 is 6.09 Å². The van der Waals surface area contributed by atoms with E-state index in [0.29, 0.717) is 24.8 Å². The lowest BCUT2D eigenvalue weighted by atomic mass is 10.2. The molecular formula is C16H17N3O3S. The van der Waals surface area contributed by atoms with Crippen molar-refractivity contribution in [3.8, 4) is 0 Å². The first-order chi connectivity index (χ1) is 11.1. The Morgan fingerprint density at radius 3 is 2.78 bits per heavy atom. The van der Waals surface area contributed by atoms with Crippen LogP contribution in [0.5, 0.6) is 0 Å². The monoisotopic (exact) mass is 331 g/mol. The number of anilines is 2. The van der Waals surface area contributed by atoms with Crippen molar-refractivity contribution in [2.45, 2.75) is 13.3 Å². The number of hydrogen-bond donors (Lipinski definition) is 0. The van der Waals surface area contributed by atoms with Gasteiger partial charge in [0, 0.05) is 18.3 Å². The van der Waals surface area contributed by atoms with Crippen LogP contribution in [0.25, 0.3) is 0 Å². The number of carbonyl (C=O) groups excluding carboxylic acids is 2. The second kappa shape index (κ2) is 6.78. The Morgan fingerprint density at radius 2 is 2.17 bits per heavy atom. The van der Waals surface area contributed by atoms with Gasteiger partial charge in [0.2, 0.25) is 5.91 Å². The summed E-state index contributed by atoms with van der Waals surface area (Å²) in [7, 11) is 0. The van der Waals surface area contributed by atoms with E-state index >= 15 is 0 Å². The molecular weight excluding hydrogens is 314 g/mol. The molecule has 7 heteroatoms. The van der Waals surface area contributed by atoms with Gasteiger partial charge < -0.3 is 9.64 Å². The zero-order valence-electron chi connectivity index (χ0n) is 12.8. The highest BCUT2D eigenvalue weighted by atomic mass is 32.1. The minimum atomic E-state index is -0.353. The summed E-state index contributed by atoms with van der Waals surface area (Å²) < 4.78 is 4.88. The van der Waals surface area contributed by atoms with Crippen molar-refractivity contribution in [1.82, 2.24) is 9.88 Å². The molecule has 0 aliphatic carbocycles. The smallest absolute Gasteiger partial charge is 0.409 e. The number of nitrogens with zero attached hydrogens (tertiary/aromatic N) is 3. The summed E-state index contributed by atoms with van der Waals surface area (Å²) in [6.45, 7) is 3.17. The maximum Gasteiger partial charge on any atom is 0.409 e. The molecule has 0 radical (unpaired) electrons. The van der Waals surface area contributed by atoms with E-state index in [1.807, 2.05) is 42.6 Å². The lowest BCUT2D eigenvalue weighted by Gasteiger charge is -2.21. The molecule has 1 aliphatic rings. The third-order valence-corrected chi connectivity index (χ3v) is 4.45. The Kier molecular flexibility index (Phi) is 4.57. The molecule has 0 spiro atoms. The summed E-state index contributed by atoms with van der Waals surface area (Å²) in [5.41, 5.74) is 1.65. The SMILES string of the molecule is Cc1csc(N(C(=O)CCN2CCOC2=O)c2ccccc2)n1. The van der Waals surface area contributed by atoms with Crippen LogP contribution in [0.4, 0.5) is 15.6 Å². The molecule has 1 saturated heterocycles. The van der Waals surface area contributed by atoms with Gasteiger partial charge in [0.25, 0.3) is 0 Å². The lowest BCUT2D eigenvalue weighted by molar-refractivity contribution is -0.118. The van der Waals surface area contributed by atoms with E-state index in [9.17, 15) is 9.59 Å². The zero-order chi connectivity index (χ0) is 16.2. The number of amides is 2. The number of carbonyl (C=O) groups is 2. The van der Waals surface area contributed by atoms with E-state index in [4.69, 9.17) is 4.74 Å². The first-order valence-corrected chi connectivity index (χ1v) is 8.25. The van der Waals surface area contributed by atoms with Crippen molar-refractivity contribution in [2.24, 2.45) is 0 Å². The number of aromatic nitrogens is 1. The van der Waals surface area contributed by atoms with Crippen molar-refractivity contribution < 1.29 is 14.3 Å². The first-order valence-electron chi connectivity index (χ1n) is 7.37. The van der Waals surface area contributed by atoms with Crippen LogP contribution in [0.15, 0.2) is 35.7 Å². The maximum absolute atomic E-state index is 12.7. The number of cyclic esters (lactones) is 1. The van der Waals surface area contributed by atoms with Crippen molar-refractivity contribution in [3.63, 3.8) is 0 Å². The van der Waals surface area contributed by atoms with E-state index in [2.05, 4.69) is 4.98 Å². The third kappa shape index (κ3) is 3.50. The highest BCUT2D eigenvalue weighted by Gasteiger charge is 2.25. The number of aryl methyl sites for hydroxylation is 1. The third-order valence-electron chi connectivity index (χ3n) is 3.50. The Bertz CT molecular complexity index is 702. The molecule has 1 aromatic carbocycles. The molecule has 1 fully saturated rings. The Morgan fingerprint density at radius 1 is 1.39 bits per heavy atom. The molecule has 1 aliphatic heterocycles. The molecule has 0 unspecified atom stereocenters. The van der Waals surface area contributed by atoms with Gasteiger partial charge in [-0.3, -0.25) is 9.69 Å². The van der Waals surface area contributed by atoms with Gasteiger partial charge in [-0.15, -0.1) is 11.3 Å². The van der Waals surface area contributed by atoms with Crippen LogP contribution in [0, 0.1) is 6.92 Å². The van der Waals surface area contributed by atoms with Crippen LogP contribution in [0.3, 0.4) is 0 Å². The van der Waals surface area contributed by atoms with Crippen LogP contribution >= 0.6 is 11.3 Å². The maximum atomic E-state index is 12.7. The summed E-state index contributed by atoms with van der Waals surface area (Å²) in [4.78, 5) is 31.8. The Balaban J connectivity index is 1.77. The van der Waals surface area contributed by atoms with Gasteiger partial charge in [-0.25, -0.2) is 9.78 Å². The molecule has 0 atom stereocenters. The van der Waals surface area contributed by atoms with Crippen molar-refractivity contribution in [2.75, 3.05) is 24.6 Å². The number of para-hydroxylation sites is 1. The predicted octanol–water partition coefficient (Wildman–Crippen LogP) is 2.96. The molecule has 0 bridgehead atoms. The molecule has 3 rings (SSSR count). The second-order valence-electron chi connectivity index (χ2n) is 5.19. The van der Waals surface area contributed by atoms with Crippen LogP contribution < -0.4 is 4.90 Å². The molecule has 6 nitrogen and oxygen atoms in total. The largest absolute Gasteiger partial charge is 0.448 e. The van der Waals surface area contributed by atoms with E-state index < -0.39 is 0 Å². The van der Waals surface area contributed by atoms with E-state index in [1.54, 1.807) is 9.80 Å². The van der Waals surface area contributed by atoms with E-state index in [0.717, 1.165) is 11.4 Å². The van der Waals surface area contributed by atoms with E-state index in [1.165, 1.54) is 11.3 Å². The average Bonchev–Trinajstić information content (AvgIpc) is 3.15. The summed E-state index contributed by atoms with van der Waals surface area (Å²) in [5.74, 6) is -0.0924. The van der Waals surface area contributed by atoms with Gasteiger partial charge in [0.15, 0.2) is 5.13 Å². The van der Waals surface area contributed by atoms with Crippen LogP contribution in [-0.2, 0) is 9.53 Å². The number of thiazole rings is 1. The molecule has 1 aromatic heterocycles. The minimum Gasteiger partial charge on any atom is -0.448 e. The van der Waals surface area contributed by atoms with Gasteiger partial charge in [0.05, 0.1) is 17.9 Å². The number of benzene rings is 1. The van der Waals surface area contributed by atoms with Crippen molar-refractivity contribution in [1.29, 1.82) is 0 Å². The average molecular weight is 331 g/mol. The quantitative estimate of drug-likeness (QED) is 0.845. The van der Waals surface area contributed by atoms with Crippen LogP contribution in [0.2, 0.25) is 0 Å². The molecule has 0 N–H and O–H groups in total. The molecule has 23 heavy (non-hydrogen) atoms. The standard InChI is InChI=1S/C16H17N3O3S/c1-12-11-23-15(17-12)19(13-5-3-2-4-6-13)14(20)7-8-18-9-10-22-16(18)21/h2-6,11H,7-10H2,1H3. The van der Waals surface area contributed by atoms with Crippen molar-refractivity contribution in [3.05, 3.63) is 41.4 Å². The van der Waals surface area contributed by atoms with Crippen LogP contribution in [0.1, 0.15) is 12.1 Å². The highest BCUT2D eigenvalue weighted by Crippen LogP contribution is 2.29. The molecule has 2 amide bonds. The fraction of sp³-hybridized carbons (Fsp3) is 0.312. The second-order valence-corrected chi connectivity index (χ2v) is 6.02. The fourth-order valence-corrected chi connectivity index (χ4v) is 3.19. The van der Waals surface area contributed by atoms with E-state index in [-0.39, 0.29) is 18.4 Å². The topological polar surface area (TPSA) is 62.7 Å². The first kappa shape index (κ1) is 15.5. The van der Waals surface area contributed by atoms with Gasteiger partial charge in [-0.05, 0) is 19.1 Å². The highest BCUT2D eigenvalue weighted by molar-refractivity contribution is 7.14. The lowest BCUT2D eigenvalue weighted by Crippen LogP contribution is -2.32. The van der Waals surface area contributed by atoms with Gasteiger partial charge in [-0.1, -0.05) is 18.2 Å². The number of rotatable bonds is 5.